The molecule has 9 heteroatoms. The van der Waals surface area contributed by atoms with Crippen LogP contribution in [0.5, 0.6) is 11.5 Å². The summed E-state index contributed by atoms with van der Waals surface area (Å²) in [6.07, 6.45) is 3.80. The summed E-state index contributed by atoms with van der Waals surface area (Å²) in [7, 11) is 0. The Balaban J connectivity index is 1.17. The van der Waals surface area contributed by atoms with Crippen molar-refractivity contribution in [2.45, 2.75) is 32.0 Å². The van der Waals surface area contributed by atoms with Gasteiger partial charge in [0.15, 0.2) is 11.5 Å². The number of rotatable bonds is 6. The first-order chi connectivity index (χ1) is 17.1. The van der Waals surface area contributed by atoms with Gasteiger partial charge < -0.3 is 19.4 Å². The Bertz CT molecular complexity index is 1410. The average molecular weight is 509 g/mol. The number of anilines is 1. The molecular formula is C26H25ClN4O3S. The Hall–Kier alpha value is -3.07. The second-order valence-electron chi connectivity index (χ2n) is 8.99. The van der Waals surface area contributed by atoms with Crippen molar-refractivity contribution >= 4 is 39.5 Å². The molecule has 1 saturated heterocycles. The molecule has 0 aliphatic carbocycles. The summed E-state index contributed by atoms with van der Waals surface area (Å²) in [4.78, 5) is 20.7. The molecule has 2 aliphatic heterocycles. The predicted molar refractivity (Wildman–Crippen MR) is 139 cm³/mol. The molecule has 0 spiro atoms. The lowest BCUT2D eigenvalue weighted by molar-refractivity contribution is 0.173. The van der Waals surface area contributed by atoms with E-state index in [0.29, 0.717) is 24.4 Å². The third-order valence-corrected chi connectivity index (χ3v) is 7.66. The number of ether oxygens (including phenoxy) is 2. The highest BCUT2D eigenvalue weighted by molar-refractivity contribution is 7.09. The first kappa shape index (κ1) is 22.4. The van der Waals surface area contributed by atoms with Gasteiger partial charge >= 0.3 is 0 Å². The molecule has 1 N–H and O–H groups in total. The second-order valence-corrected chi connectivity index (χ2v) is 10.4. The van der Waals surface area contributed by atoms with E-state index in [-0.39, 0.29) is 5.56 Å². The Labute approximate surface area is 211 Å². The molecule has 1 fully saturated rings. The van der Waals surface area contributed by atoms with Gasteiger partial charge in [0.25, 0.3) is 5.56 Å². The summed E-state index contributed by atoms with van der Waals surface area (Å²) in [5.41, 5.74) is 4.70. The molecule has 4 heterocycles. The fourth-order valence-corrected chi connectivity index (χ4v) is 5.62. The Morgan fingerprint density at radius 3 is 2.74 bits per heavy atom. The maximum Gasteiger partial charge on any atom is 0.253 e. The topological polar surface area (TPSA) is 68.6 Å². The number of hydrogen-bond acceptors (Lipinski definition) is 7. The van der Waals surface area contributed by atoms with E-state index in [1.54, 1.807) is 27.5 Å². The number of likely N-dealkylation sites (tertiary alicyclic amines) is 1. The first-order valence-corrected chi connectivity index (χ1v) is 13.0. The van der Waals surface area contributed by atoms with Crippen molar-refractivity contribution in [1.82, 2.24) is 14.5 Å². The number of nitrogens with one attached hydrogen (secondary N) is 1. The van der Waals surface area contributed by atoms with Crippen molar-refractivity contribution in [2.24, 2.45) is 0 Å². The van der Waals surface area contributed by atoms with Crippen molar-refractivity contribution in [2.75, 3.05) is 25.2 Å². The zero-order valence-corrected chi connectivity index (χ0v) is 20.6. The van der Waals surface area contributed by atoms with Crippen LogP contribution in [0.15, 0.2) is 59.0 Å². The number of piperidine rings is 1. The number of nitrogens with zero attached hydrogens (tertiary/aromatic N) is 3. The van der Waals surface area contributed by atoms with E-state index >= 15 is 0 Å². The monoisotopic (exact) mass is 508 g/mol. The third-order valence-electron chi connectivity index (χ3n) is 6.66. The molecule has 2 aromatic carbocycles. The minimum atomic E-state index is -0.0315. The molecule has 2 aliphatic rings. The zero-order valence-electron chi connectivity index (χ0n) is 19.1. The number of thiazole rings is 1. The van der Waals surface area contributed by atoms with E-state index in [2.05, 4.69) is 27.3 Å². The van der Waals surface area contributed by atoms with Crippen molar-refractivity contribution < 1.29 is 9.47 Å². The first-order valence-electron chi connectivity index (χ1n) is 11.7. The number of pyridine rings is 1. The largest absolute Gasteiger partial charge is 0.454 e. The molecule has 7 nitrogen and oxygen atoms in total. The van der Waals surface area contributed by atoms with E-state index < -0.39 is 0 Å². The third kappa shape index (κ3) is 4.74. The van der Waals surface area contributed by atoms with Gasteiger partial charge in [0.2, 0.25) is 6.79 Å². The van der Waals surface area contributed by atoms with E-state index in [9.17, 15) is 4.79 Å². The lowest BCUT2D eigenvalue weighted by Crippen LogP contribution is -2.39. The number of fused-ring (bicyclic) bond motifs is 2. The van der Waals surface area contributed by atoms with Gasteiger partial charge in [-0.2, -0.15) is 0 Å². The SMILES string of the molecule is O=c1cc(NC2CCN(Cc3ccc4c(c3)OCO4)CC2)c2cc(Cl)ccc2n1Cc1cncs1. The summed E-state index contributed by atoms with van der Waals surface area (Å²) < 4.78 is 12.7. The number of halogens is 1. The number of aromatic nitrogens is 2. The van der Waals surface area contributed by atoms with Gasteiger partial charge in [-0.1, -0.05) is 17.7 Å². The summed E-state index contributed by atoms with van der Waals surface area (Å²) >= 11 is 7.90. The molecule has 0 unspecified atom stereocenters. The fourth-order valence-electron chi connectivity index (χ4n) is 4.87. The molecular weight excluding hydrogens is 484 g/mol. The predicted octanol–water partition coefficient (Wildman–Crippen LogP) is 4.96. The summed E-state index contributed by atoms with van der Waals surface area (Å²) in [6.45, 7) is 3.64. The van der Waals surface area contributed by atoms with E-state index in [4.69, 9.17) is 21.1 Å². The Morgan fingerprint density at radius 1 is 1.06 bits per heavy atom. The molecule has 0 radical (unpaired) electrons. The highest BCUT2D eigenvalue weighted by atomic mass is 35.5. The van der Waals surface area contributed by atoms with Gasteiger partial charge in [-0.15, -0.1) is 11.3 Å². The summed E-state index contributed by atoms with van der Waals surface area (Å²) in [5.74, 6) is 1.65. The van der Waals surface area contributed by atoms with Crippen LogP contribution in [-0.4, -0.2) is 40.4 Å². The highest BCUT2D eigenvalue weighted by Gasteiger charge is 2.22. The van der Waals surface area contributed by atoms with Gasteiger partial charge in [-0.25, -0.2) is 0 Å². The van der Waals surface area contributed by atoms with Crippen LogP contribution in [-0.2, 0) is 13.1 Å². The van der Waals surface area contributed by atoms with Gasteiger partial charge in [-0.05, 0) is 48.7 Å². The van der Waals surface area contributed by atoms with E-state index in [1.807, 2.05) is 30.5 Å². The van der Waals surface area contributed by atoms with Crippen LogP contribution < -0.4 is 20.3 Å². The second kappa shape index (κ2) is 9.53. The van der Waals surface area contributed by atoms with Crippen molar-refractivity contribution in [1.29, 1.82) is 0 Å². The Morgan fingerprint density at radius 2 is 1.91 bits per heavy atom. The molecule has 0 saturated carbocycles. The van der Waals surface area contributed by atoms with Crippen molar-refractivity contribution in [3.05, 3.63) is 80.0 Å². The van der Waals surface area contributed by atoms with E-state index in [0.717, 1.165) is 65.4 Å². The van der Waals surface area contributed by atoms with E-state index in [1.165, 1.54) is 5.56 Å². The standard InChI is InChI=1S/C26H25ClN4O3S/c27-18-2-3-23-21(10-18)22(11-26(32)31(23)14-20-12-28-15-35-20)29-19-5-7-30(8-6-19)13-17-1-4-24-25(9-17)34-16-33-24/h1-4,9-12,15,19,29H,5-8,13-14,16H2. The van der Waals surface area contributed by atoms with Gasteiger partial charge in [-0.3, -0.25) is 14.7 Å². The number of benzene rings is 2. The van der Waals surface area contributed by atoms with Crippen molar-refractivity contribution in [3.63, 3.8) is 0 Å². The molecule has 4 aromatic rings. The van der Waals surface area contributed by atoms with Gasteiger partial charge in [0.1, 0.15) is 0 Å². The van der Waals surface area contributed by atoms with Crippen LogP contribution in [0.2, 0.25) is 5.02 Å². The summed E-state index contributed by atoms with van der Waals surface area (Å²) in [5, 5.41) is 5.27. The van der Waals surface area contributed by atoms with Gasteiger partial charge in [0, 0.05) is 58.9 Å². The highest BCUT2D eigenvalue weighted by Crippen LogP contribution is 2.33. The van der Waals surface area contributed by atoms with Crippen LogP contribution in [0.4, 0.5) is 5.69 Å². The lowest BCUT2D eigenvalue weighted by Gasteiger charge is -2.33. The molecule has 6 rings (SSSR count). The smallest absolute Gasteiger partial charge is 0.253 e. The average Bonchev–Trinajstić information content (AvgIpc) is 3.54. The normalized spacial score (nSPS) is 16.1. The minimum Gasteiger partial charge on any atom is -0.454 e. The minimum absolute atomic E-state index is 0.0315. The summed E-state index contributed by atoms with van der Waals surface area (Å²) in [6, 6.07) is 13.9. The van der Waals surface area contributed by atoms with Gasteiger partial charge in [0.05, 0.1) is 17.6 Å². The van der Waals surface area contributed by atoms with Crippen molar-refractivity contribution in [3.8, 4) is 11.5 Å². The maximum absolute atomic E-state index is 13.1. The molecule has 0 amide bonds. The number of hydrogen-bond donors (Lipinski definition) is 1. The van der Waals surface area contributed by atoms with Crippen LogP contribution in [0.25, 0.3) is 10.9 Å². The molecule has 35 heavy (non-hydrogen) atoms. The maximum atomic E-state index is 13.1. The quantitative estimate of drug-likeness (QED) is 0.397. The molecule has 0 bridgehead atoms. The molecule has 180 valence electrons. The van der Waals surface area contributed by atoms with Crippen LogP contribution >= 0.6 is 22.9 Å². The molecule has 2 aromatic heterocycles. The molecule has 0 atom stereocenters. The fraction of sp³-hybridized carbons (Fsp3) is 0.308. The zero-order chi connectivity index (χ0) is 23.8. The Kier molecular flexibility index (Phi) is 6.10. The van der Waals surface area contributed by atoms with Crippen LogP contribution in [0.1, 0.15) is 23.3 Å². The van der Waals surface area contributed by atoms with Crippen LogP contribution in [0, 0.1) is 0 Å². The van der Waals surface area contributed by atoms with Crippen LogP contribution in [0.3, 0.4) is 0 Å². The lowest BCUT2D eigenvalue weighted by atomic mass is 10.0.